The van der Waals surface area contributed by atoms with Gasteiger partial charge in [0.15, 0.2) is 11.5 Å². The van der Waals surface area contributed by atoms with Crippen LogP contribution >= 0.6 is 0 Å². The fraction of sp³-hybridized carbons (Fsp3) is 0.208. The van der Waals surface area contributed by atoms with Crippen molar-refractivity contribution in [1.29, 1.82) is 0 Å². The number of hydrogen-bond acceptors (Lipinski definition) is 3. The van der Waals surface area contributed by atoms with Crippen molar-refractivity contribution in [2.75, 3.05) is 12.1 Å². The number of ether oxygens (including phenoxy) is 2. The number of rotatable bonds is 6. The first-order valence-corrected chi connectivity index (χ1v) is 9.82. The van der Waals surface area contributed by atoms with Gasteiger partial charge in [0.25, 0.3) is 0 Å². The summed E-state index contributed by atoms with van der Waals surface area (Å²) in [5.74, 6) is 1.15. The summed E-state index contributed by atoms with van der Waals surface area (Å²) >= 11 is 0. The van der Waals surface area contributed by atoms with E-state index in [1.54, 1.807) is 12.1 Å². The molecule has 1 atom stereocenters. The Labute approximate surface area is 174 Å². The van der Waals surface area contributed by atoms with Crippen LogP contribution in [0.25, 0.3) is 0 Å². The molecular formula is C24H23FN2O3. The molecule has 0 saturated carbocycles. The topological polar surface area (TPSA) is 59.6 Å². The highest BCUT2D eigenvalue weighted by molar-refractivity contribution is 5.89. The number of carbonyl (C=O) groups is 1. The smallest absolute Gasteiger partial charge is 0.319 e. The van der Waals surface area contributed by atoms with E-state index in [4.69, 9.17) is 9.47 Å². The van der Waals surface area contributed by atoms with Crippen LogP contribution in [0, 0.1) is 12.7 Å². The Morgan fingerprint density at radius 1 is 0.933 bits per heavy atom. The van der Waals surface area contributed by atoms with Gasteiger partial charge in [-0.05, 0) is 67.3 Å². The second-order valence-corrected chi connectivity index (χ2v) is 7.38. The molecule has 0 unspecified atom stereocenters. The zero-order valence-corrected chi connectivity index (χ0v) is 16.7. The first-order chi connectivity index (χ1) is 14.5. The first kappa shape index (κ1) is 19.8. The molecule has 0 fully saturated rings. The molecule has 1 aliphatic rings. The van der Waals surface area contributed by atoms with E-state index < -0.39 is 0 Å². The molecule has 0 saturated heterocycles. The molecule has 0 aliphatic carbocycles. The number of carbonyl (C=O) groups excluding carboxylic acids is 1. The van der Waals surface area contributed by atoms with Gasteiger partial charge in [-0.1, -0.05) is 35.9 Å². The van der Waals surface area contributed by atoms with E-state index in [1.165, 1.54) is 12.1 Å². The van der Waals surface area contributed by atoms with Crippen LogP contribution < -0.4 is 20.1 Å². The van der Waals surface area contributed by atoms with Crippen molar-refractivity contribution in [3.8, 4) is 11.5 Å². The van der Waals surface area contributed by atoms with E-state index in [-0.39, 0.29) is 24.7 Å². The van der Waals surface area contributed by atoms with E-state index >= 15 is 0 Å². The maximum Gasteiger partial charge on any atom is 0.319 e. The lowest BCUT2D eigenvalue weighted by Crippen LogP contribution is -2.40. The molecule has 0 radical (unpaired) electrons. The summed E-state index contributed by atoms with van der Waals surface area (Å²) in [7, 11) is 0. The Morgan fingerprint density at radius 2 is 1.60 bits per heavy atom. The molecule has 0 spiro atoms. The molecule has 5 nitrogen and oxygen atoms in total. The summed E-state index contributed by atoms with van der Waals surface area (Å²) in [5.41, 5.74) is 3.81. The Morgan fingerprint density at radius 3 is 2.37 bits per heavy atom. The molecule has 4 rings (SSSR count). The average molecular weight is 406 g/mol. The summed E-state index contributed by atoms with van der Waals surface area (Å²) in [6.07, 6.45) is 1.16. The highest BCUT2D eigenvalue weighted by Crippen LogP contribution is 2.33. The number of halogens is 1. The van der Waals surface area contributed by atoms with Crippen LogP contribution in [-0.2, 0) is 12.8 Å². The van der Waals surface area contributed by atoms with Crippen LogP contribution in [0.4, 0.5) is 14.9 Å². The molecule has 2 amide bonds. The SMILES string of the molecule is Cc1ccc(NC(=O)N[C@H](Cc2ccc(F)cc2)Cc2ccc3c(c2)OCO3)cc1. The molecule has 3 aromatic rings. The van der Waals surface area contributed by atoms with E-state index in [9.17, 15) is 9.18 Å². The summed E-state index contributed by atoms with van der Waals surface area (Å²) in [6.45, 7) is 2.21. The predicted molar refractivity (Wildman–Crippen MR) is 113 cm³/mol. The van der Waals surface area contributed by atoms with Gasteiger partial charge in [-0.2, -0.15) is 0 Å². The number of nitrogens with one attached hydrogen (secondary N) is 2. The average Bonchev–Trinajstić information content (AvgIpc) is 3.19. The molecule has 30 heavy (non-hydrogen) atoms. The lowest BCUT2D eigenvalue weighted by Gasteiger charge is -2.20. The van der Waals surface area contributed by atoms with Crippen LogP contribution in [0.15, 0.2) is 66.7 Å². The Balaban J connectivity index is 1.47. The molecule has 154 valence electrons. The van der Waals surface area contributed by atoms with Gasteiger partial charge in [0.2, 0.25) is 6.79 Å². The lowest BCUT2D eigenvalue weighted by atomic mass is 9.98. The van der Waals surface area contributed by atoms with Crippen molar-refractivity contribution < 1.29 is 18.7 Å². The Hall–Kier alpha value is -3.54. The molecule has 0 aromatic heterocycles. The third kappa shape index (κ3) is 5.08. The Kier molecular flexibility index (Phi) is 5.84. The molecule has 1 heterocycles. The summed E-state index contributed by atoms with van der Waals surface area (Å²) in [5, 5.41) is 5.91. The van der Waals surface area contributed by atoms with Gasteiger partial charge < -0.3 is 20.1 Å². The van der Waals surface area contributed by atoms with Gasteiger partial charge in [-0.15, -0.1) is 0 Å². The van der Waals surface area contributed by atoms with Crippen LogP contribution in [0.1, 0.15) is 16.7 Å². The highest BCUT2D eigenvalue weighted by Gasteiger charge is 2.18. The van der Waals surface area contributed by atoms with Crippen molar-refractivity contribution >= 4 is 11.7 Å². The van der Waals surface area contributed by atoms with Crippen molar-refractivity contribution in [2.24, 2.45) is 0 Å². The molecule has 2 N–H and O–H groups in total. The minimum Gasteiger partial charge on any atom is -0.454 e. The van der Waals surface area contributed by atoms with Gasteiger partial charge in [0.1, 0.15) is 5.82 Å². The number of urea groups is 1. The maximum absolute atomic E-state index is 13.3. The molecule has 6 heteroatoms. The number of anilines is 1. The third-order valence-electron chi connectivity index (χ3n) is 4.96. The number of benzene rings is 3. The zero-order valence-electron chi connectivity index (χ0n) is 16.7. The monoisotopic (exact) mass is 406 g/mol. The normalized spacial score (nSPS) is 13.0. The van der Waals surface area contributed by atoms with E-state index in [2.05, 4.69) is 10.6 Å². The van der Waals surface area contributed by atoms with Gasteiger partial charge >= 0.3 is 6.03 Å². The molecule has 3 aromatic carbocycles. The molecular weight excluding hydrogens is 383 g/mol. The predicted octanol–water partition coefficient (Wildman–Crippen LogP) is 4.84. The standard InChI is InChI=1S/C24H23FN2O3/c1-16-2-9-20(10-3-16)26-24(28)27-21(12-17-4-7-19(25)8-5-17)13-18-6-11-22-23(14-18)30-15-29-22/h2-11,14,21H,12-13,15H2,1H3,(H2,26,27,28)/t21-/m1/s1. The first-order valence-electron chi connectivity index (χ1n) is 9.82. The summed E-state index contributed by atoms with van der Waals surface area (Å²) in [6, 6.07) is 19.2. The van der Waals surface area contributed by atoms with Gasteiger partial charge in [0.05, 0.1) is 0 Å². The van der Waals surface area contributed by atoms with Crippen molar-refractivity contribution in [3.05, 3.63) is 89.2 Å². The fourth-order valence-electron chi connectivity index (χ4n) is 3.42. The summed E-state index contributed by atoms with van der Waals surface area (Å²) < 4.78 is 24.1. The minimum atomic E-state index is -0.285. The van der Waals surface area contributed by atoms with Crippen LogP contribution in [0.2, 0.25) is 0 Å². The minimum absolute atomic E-state index is 0.193. The molecule has 0 bridgehead atoms. The van der Waals surface area contributed by atoms with Gasteiger partial charge in [0, 0.05) is 11.7 Å². The van der Waals surface area contributed by atoms with Crippen molar-refractivity contribution in [1.82, 2.24) is 5.32 Å². The van der Waals surface area contributed by atoms with Crippen LogP contribution in [0.5, 0.6) is 11.5 Å². The van der Waals surface area contributed by atoms with Crippen molar-refractivity contribution in [3.63, 3.8) is 0 Å². The highest BCUT2D eigenvalue weighted by atomic mass is 19.1. The Bertz CT molecular complexity index is 1020. The van der Waals surface area contributed by atoms with Crippen LogP contribution in [0.3, 0.4) is 0 Å². The largest absolute Gasteiger partial charge is 0.454 e. The van der Waals surface area contributed by atoms with Crippen LogP contribution in [-0.4, -0.2) is 18.9 Å². The summed E-state index contributed by atoms with van der Waals surface area (Å²) in [4.78, 5) is 12.6. The van der Waals surface area contributed by atoms with E-state index in [1.807, 2.05) is 49.4 Å². The number of hydrogen-bond donors (Lipinski definition) is 2. The quantitative estimate of drug-likeness (QED) is 0.616. The van der Waals surface area contributed by atoms with Gasteiger partial charge in [-0.25, -0.2) is 9.18 Å². The second-order valence-electron chi connectivity index (χ2n) is 7.38. The van der Waals surface area contributed by atoms with Crippen molar-refractivity contribution in [2.45, 2.75) is 25.8 Å². The third-order valence-corrected chi connectivity index (χ3v) is 4.96. The number of amides is 2. The van der Waals surface area contributed by atoms with E-state index in [0.29, 0.717) is 18.6 Å². The molecule has 1 aliphatic heterocycles. The number of fused-ring (bicyclic) bond motifs is 1. The lowest BCUT2D eigenvalue weighted by molar-refractivity contribution is 0.174. The zero-order chi connectivity index (χ0) is 20.9. The number of aryl methyl sites for hydroxylation is 1. The fourth-order valence-corrected chi connectivity index (χ4v) is 3.42. The van der Waals surface area contributed by atoms with E-state index in [0.717, 1.165) is 28.1 Å². The van der Waals surface area contributed by atoms with Gasteiger partial charge in [-0.3, -0.25) is 0 Å². The second kappa shape index (κ2) is 8.86. The maximum atomic E-state index is 13.3.